The summed E-state index contributed by atoms with van der Waals surface area (Å²) in [7, 11) is -8.97. The quantitative estimate of drug-likeness (QED) is 0.288. The van der Waals surface area contributed by atoms with E-state index in [2.05, 4.69) is 6.20 Å². The number of benzene rings is 2. The van der Waals surface area contributed by atoms with Gasteiger partial charge in [0.15, 0.2) is 22.3 Å². The average molecular weight is 549 g/mol. The summed E-state index contributed by atoms with van der Waals surface area (Å²) in [5.41, 5.74) is -0.138. The molecule has 1 aliphatic rings. The Bertz CT molecular complexity index is 1520. The molecular weight excluding hydrogens is 528 g/mol. The first kappa shape index (κ1) is 25.8. The number of halogens is 1. The number of rotatable bonds is 10. The van der Waals surface area contributed by atoms with Gasteiger partial charge in [-0.05, 0) is 24.3 Å². The van der Waals surface area contributed by atoms with Gasteiger partial charge < -0.3 is 14.2 Å². The van der Waals surface area contributed by atoms with Gasteiger partial charge in [-0.1, -0.05) is 18.2 Å². The second kappa shape index (κ2) is 10.8. The van der Waals surface area contributed by atoms with Crippen LogP contribution in [0.4, 0.5) is 4.39 Å². The summed E-state index contributed by atoms with van der Waals surface area (Å²) in [4.78, 5) is 11.9. The van der Waals surface area contributed by atoms with Gasteiger partial charge in [-0.25, -0.2) is 22.3 Å². The van der Waals surface area contributed by atoms with Crippen LogP contribution in [0, 0.1) is 23.3 Å². The van der Waals surface area contributed by atoms with E-state index in [1.807, 2.05) is 27.8 Å². The highest BCUT2D eigenvalue weighted by Gasteiger charge is 2.31. The summed E-state index contributed by atoms with van der Waals surface area (Å²) in [6.07, 6.45) is 7.63. The fourth-order valence-corrected chi connectivity index (χ4v) is 7.33. The van der Waals surface area contributed by atoms with Crippen molar-refractivity contribution in [1.29, 1.82) is 5.26 Å². The zero-order valence-electron chi connectivity index (χ0n) is 18.6. The lowest BCUT2D eigenvalue weighted by molar-refractivity contribution is 0.257. The van der Waals surface area contributed by atoms with Crippen LogP contribution in [0.25, 0.3) is 10.1 Å². The van der Waals surface area contributed by atoms with E-state index in [0.717, 1.165) is 0 Å². The maximum Gasteiger partial charge on any atom is 0.391 e. The van der Waals surface area contributed by atoms with Crippen LogP contribution in [0.2, 0.25) is 0 Å². The Balaban J connectivity index is 1.52. The Kier molecular flexibility index (Phi) is 7.71. The third-order valence-corrected chi connectivity index (χ3v) is 9.26. The number of ether oxygens (including phenoxy) is 1. The van der Waals surface area contributed by atoms with Crippen LogP contribution in [0.5, 0.6) is 11.5 Å². The first-order valence-corrected chi connectivity index (χ1v) is 14.6. The van der Waals surface area contributed by atoms with Crippen LogP contribution in [0.3, 0.4) is 0 Å². The minimum atomic E-state index is -4.54. The summed E-state index contributed by atoms with van der Waals surface area (Å²) in [5.74, 6) is -0.947. The molecule has 186 valence electrons. The molecule has 9 nitrogen and oxygen atoms in total. The molecule has 1 aromatic heterocycles. The number of nitrogens with one attached hydrogen (secondary N) is 1. The van der Waals surface area contributed by atoms with Gasteiger partial charge in [0.2, 0.25) is 0 Å². The molecule has 0 saturated carbocycles. The molecule has 0 spiro atoms. The van der Waals surface area contributed by atoms with Gasteiger partial charge in [-0.2, -0.15) is 9.98 Å². The van der Waals surface area contributed by atoms with Crippen LogP contribution < -0.4 is 14.0 Å². The molecule has 2 N–H and O–H groups in total. The number of hydrogen-bond acceptors (Lipinski definition) is 8. The molecule has 0 aliphatic carbocycles. The van der Waals surface area contributed by atoms with E-state index in [-0.39, 0.29) is 33.8 Å². The number of nitriles is 1. The molecule has 0 radical (unpaired) electrons. The zero-order chi connectivity index (χ0) is 25.8. The minimum absolute atomic E-state index is 0.0763. The number of fused-ring (bicyclic) bond motifs is 1. The van der Waals surface area contributed by atoms with Crippen LogP contribution in [-0.4, -0.2) is 44.2 Å². The molecule has 36 heavy (non-hydrogen) atoms. The summed E-state index contributed by atoms with van der Waals surface area (Å²) in [6.45, 7) is 1.33. The number of hydrogen-bond donors (Lipinski definition) is 2. The first-order valence-electron chi connectivity index (χ1n) is 10.5. The average Bonchev–Trinajstić information content (AvgIpc) is 3.21. The van der Waals surface area contributed by atoms with Crippen LogP contribution in [-0.2, 0) is 14.6 Å². The first-order chi connectivity index (χ1) is 17.2. The van der Waals surface area contributed by atoms with E-state index >= 15 is 4.39 Å². The normalized spacial score (nSPS) is 14.8. The molecule has 0 amide bonds. The van der Waals surface area contributed by atoms with E-state index in [1.165, 1.54) is 24.3 Å². The van der Waals surface area contributed by atoms with Crippen molar-refractivity contribution in [2.75, 3.05) is 26.0 Å². The second-order valence-electron chi connectivity index (χ2n) is 7.49. The van der Waals surface area contributed by atoms with Gasteiger partial charge in [0.25, 0.3) is 10.0 Å². The van der Waals surface area contributed by atoms with Crippen molar-refractivity contribution in [3.63, 3.8) is 0 Å². The number of nitrogens with zero attached hydrogens (tertiary/aromatic N) is 2. The molecule has 1 aliphatic heterocycles. The zero-order valence-corrected chi connectivity index (χ0v) is 21.2. The van der Waals surface area contributed by atoms with E-state index in [1.54, 1.807) is 24.3 Å². The molecule has 13 heteroatoms. The Morgan fingerprint density at radius 1 is 1.28 bits per heavy atom. The summed E-state index contributed by atoms with van der Waals surface area (Å²) in [5, 5.41) is 9.48. The largest absolute Gasteiger partial charge is 0.490 e. The molecule has 1 atom stereocenters. The Morgan fingerprint density at radius 2 is 2.06 bits per heavy atom. The maximum absolute atomic E-state index is 15.3. The highest BCUT2D eigenvalue weighted by molar-refractivity contribution is 7.92. The van der Waals surface area contributed by atoms with Crippen LogP contribution in [0.1, 0.15) is 5.56 Å². The van der Waals surface area contributed by atoms with Crippen molar-refractivity contribution >= 4 is 39.0 Å². The summed E-state index contributed by atoms with van der Waals surface area (Å²) >= 11 is 0.596. The molecule has 3 aromatic rings. The monoisotopic (exact) mass is 548 g/mol. The molecule has 0 saturated heterocycles. The standard InChI is InChI=1S/C23H19FN3O6PS2/c24-22-21-18(15-25)19(32-14-13-27-11-5-2-6-12-27)9-10-20(21)35-23(22)36(30,31)26-16-34(28,29)33-17-7-3-1-4-8-17/h1-10,26H,11,13-14,16H2/p+1. The highest BCUT2D eigenvalue weighted by atomic mass is 32.2. The maximum atomic E-state index is 15.3. The second-order valence-corrected chi connectivity index (χ2v) is 12.3. The van der Waals surface area contributed by atoms with Crippen molar-refractivity contribution in [2.45, 2.75) is 4.21 Å². The fraction of sp³-hybridized carbons (Fsp3) is 0.174. The topological polar surface area (TPSA) is 129 Å². The van der Waals surface area contributed by atoms with Crippen molar-refractivity contribution in [1.82, 2.24) is 9.62 Å². The molecule has 0 bridgehead atoms. The lowest BCUT2D eigenvalue weighted by Gasteiger charge is -2.14. The Labute approximate surface area is 211 Å². The van der Waals surface area contributed by atoms with Gasteiger partial charge in [0.1, 0.15) is 36.0 Å². The van der Waals surface area contributed by atoms with E-state index in [0.29, 0.717) is 24.4 Å². The van der Waals surface area contributed by atoms with Gasteiger partial charge in [-0.3, -0.25) is 0 Å². The van der Waals surface area contributed by atoms with E-state index in [4.69, 9.17) is 9.26 Å². The van der Waals surface area contributed by atoms with Crippen molar-refractivity contribution in [2.24, 2.45) is 0 Å². The van der Waals surface area contributed by atoms with Gasteiger partial charge in [0.05, 0.1) is 24.6 Å². The summed E-state index contributed by atoms with van der Waals surface area (Å²) < 4.78 is 65.3. The third kappa shape index (κ3) is 5.91. The van der Waals surface area contributed by atoms with Gasteiger partial charge in [-0.15, -0.1) is 11.3 Å². The van der Waals surface area contributed by atoms with Crippen molar-refractivity contribution in [3.05, 3.63) is 78.3 Å². The molecule has 2 heterocycles. The lowest BCUT2D eigenvalue weighted by Crippen LogP contribution is -2.25. The van der Waals surface area contributed by atoms with E-state index in [9.17, 15) is 23.1 Å². The highest BCUT2D eigenvalue weighted by Crippen LogP contribution is 2.43. The number of sulfonamides is 1. The van der Waals surface area contributed by atoms with Crippen LogP contribution in [0.15, 0.2) is 64.9 Å². The fourth-order valence-electron chi connectivity index (χ4n) is 3.31. The summed E-state index contributed by atoms with van der Waals surface area (Å²) in [6, 6.07) is 12.5. The van der Waals surface area contributed by atoms with Gasteiger partial charge in [0, 0.05) is 10.8 Å². The lowest BCUT2D eigenvalue weighted by atomic mass is 10.1. The molecule has 4 rings (SSSR count). The van der Waals surface area contributed by atoms with Crippen molar-refractivity contribution < 1.29 is 31.5 Å². The number of thiophene rings is 1. The smallest absolute Gasteiger partial charge is 0.391 e. The van der Waals surface area contributed by atoms with E-state index < -0.39 is 33.9 Å². The Hall–Kier alpha value is -3.29. The predicted molar refractivity (Wildman–Crippen MR) is 133 cm³/mol. The molecule has 0 fully saturated rings. The molecular formula is C23H20FN3O6PS2+. The predicted octanol–water partition coefficient (Wildman–Crippen LogP) is 3.98. The minimum Gasteiger partial charge on any atom is -0.490 e. The van der Waals surface area contributed by atoms with Gasteiger partial charge >= 0.3 is 7.60 Å². The number of allylic oxidation sites excluding steroid dienone is 2. The number of para-hydroxylation sites is 1. The third-order valence-electron chi connectivity index (χ3n) is 4.97. The SMILES string of the molecule is N#Cc1c(OCCN2[C+]=CC=CC2)ccc2sc(S(=O)(=O)NCP(=O)(O)Oc3ccccc3)c(F)c12. The molecule has 1 unspecified atom stereocenters. The Morgan fingerprint density at radius 3 is 2.75 bits per heavy atom. The molecule has 2 aromatic carbocycles. The van der Waals surface area contributed by atoms with Crippen molar-refractivity contribution in [3.8, 4) is 17.6 Å². The van der Waals surface area contributed by atoms with Crippen LogP contribution >= 0.6 is 18.9 Å².